The van der Waals surface area contributed by atoms with Crippen molar-refractivity contribution in [2.45, 2.75) is 32.1 Å². The maximum Gasteiger partial charge on any atom is 0.230 e. The van der Waals surface area contributed by atoms with Crippen LogP contribution in [0, 0.1) is 0 Å². The van der Waals surface area contributed by atoms with E-state index in [1.54, 1.807) is 6.20 Å². The second-order valence-electron chi connectivity index (χ2n) is 8.85. The number of halogens is 1. The molecule has 0 fully saturated rings. The van der Waals surface area contributed by atoms with Gasteiger partial charge in [0, 0.05) is 22.5 Å². The number of hydrogen-bond acceptors (Lipinski definition) is 7. The standard InChI is InChI=1S/C27H23ClN6O2/c28-21-15-29-27-31-18-5-3-4-16(12-18)8-9-17-13-19(30-26(21)33-27)10-11-22(17)32-25(35)14-23-20-6-1-2-7-24(20)36-34-23/h1-2,4,6-7,10-13,15H,3,5,8-9,14H2,(H,32,35)(H2,29,30,31,33). The van der Waals surface area contributed by atoms with E-state index in [4.69, 9.17) is 16.1 Å². The summed E-state index contributed by atoms with van der Waals surface area (Å²) in [6.07, 6.45) is 9.56. The van der Waals surface area contributed by atoms with Crippen LogP contribution >= 0.6 is 11.6 Å². The van der Waals surface area contributed by atoms with Gasteiger partial charge in [0.25, 0.3) is 0 Å². The summed E-state index contributed by atoms with van der Waals surface area (Å²) in [6, 6.07) is 13.4. The monoisotopic (exact) mass is 498 g/mol. The molecule has 0 saturated heterocycles. The van der Waals surface area contributed by atoms with Gasteiger partial charge in [-0.25, -0.2) is 4.98 Å². The second kappa shape index (κ2) is 9.47. The Hall–Kier alpha value is -4.17. The number of carbonyl (C=O) groups is 1. The SMILES string of the molecule is O=C(Cc1noc2ccccc12)Nc1ccc2cc1CCC1=CCCC(=C1)Nc1ncc(Cl)c(n1)N2. The number of nitrogens with one attached hydrogen (secondary N) is 3. The third-order valence-electron chi connectivity index (χ3n) is 6.30. The van der Waals surface area contributed by atoms with Crippen LogP contribution in [0.25, 0.3) is 11.0 Å². The number of hydrogen-bond donors (Lipinski definition) is 3. The molecule has 9 heteroatoms. The maximum atomic E-state index is 13.0. The van der Waals surface area contributed by atoms with E-state index in [-0.39, 0.29) is 12.3 Å². The van der Waals surface area contributed by atoms with Crippen molar-refractivity contribution >= 4 is 51.6 Å². The van der Waals surface area contributed by atoms with Crippen molar-refractivity contribution in [3.63, 3.8) is 0 Å². The van der Waals surface area contributed by atoms with Gasteiger partial charge >= 0.3 is 0 Å². The van der Waals surface area contributed by atoms with Crippen molar-refractivity contribution in [1.82, 2.24) is 15.1 Å². The van der Waals surface area contributed by atoms with Crippen molar-refractivity contribution in [2.24, 2.45) is 0 Å². The third kappa shape index (κ3) is 4.67. The molecule has 2 aliphatic rings. The Morgan fingerprint density at radius 1 is 1.11 bits per heavy atom. The lowest BCUT2D eigenvalue weighted by molar-refractivity contribution is -0.115. The lowest BCUT2D eigenvalue weighted by Crippen LogP contribution is -2.16. The first-order valence-electron chi connectivity index (χ1n) is 11.8. The van der Waals surface area contributed by atoms with Gasteiger partial charge < -0.3 is 20.5 Å². The number of aryl methyl sites for hydroxylation is 1. The summed E-state index contributed by atoms with van der Waals surface area (Å²) in [6.45, 7) is 0. The van der Waals surface area contributed by atoms with E-state index in [2.05, 4.69) is 43.2 Å². The molecule has 3 N–H and O–H groups in total. The average Bonchev–Trinajstić information content (AvgIpc) is 3.28. The van der Waals surface area contributed by atoms with E-state index >= 15 is 0 Å². The molecule has 3 heterocycles. The number of rotatable bonds is 3. The van der Waals surface area contributed by atoms with Gasteiger partial charge in [0.15, 0.2) is 11.4 Å². The van der Waals surface area contributed by atoms with Gasteiger partial charge in [-0.05, 0) is 73.2 Å². The predicted octanol–water partition coefficient (Wildman–Crippen LogP) is 6.16. The van der Waals surface area contributed by atoms with Crippen LogP contribution in [0.15, 0.2) is 76.6 Å². The molecular formula is C27H23ClN6O2. The smallest absolute Gasteiger partial charge is 0.230 e. The second-order valence-corrected chi connectivity index (χ2v) is 9.26. The van der Waals surface area contributed by atoms with Crippen LogP contribution in [0.4, 0.5) is 23.1 Å². The van der Waals surface area contributed by atoms with E-state index in [1.807, 2.05) is 42.5 Å². The molecule has 0 unspecified atom stereocenters. The number of nitrogens with zero attached hydrogens (tertiary/aromatic N) is 3. The zero-order chi connectivity index (χ0) is 24.5. The Balaban J connectivity index is 1.30. The van der Waals surface area contributed by atoms with Crippen LogP contribution in [0.2, 0.25) is 5.02 Å². The van der Waals surface area contributed by atoms with E-state index in [0.717, 1.165) is 53.7 Å². The highest BCUT2D eigenvalue weighted by atomic mass is 35.5. The van der Waals surface area contributed by atoms with Gasteiger partial charge in [0.1, 0.15) is 10.7 Å². The Bertz CT molecular complexity index is 1540. The van der Waals surface area contributed by atoms with E-state index in [0.29, 0.717) is 28.1 Å². The molecule has 1 amide bonds. The average molecular weight is 499 g/mol. The van der Waals surface area contributed by atoms with Gasteiger partial charge in [-0.1, -0.05) is 35.0 Å². The number of para-hydroxylation sites is 1. The molecule has 0 saturated carbocycles. The molecule has 0 atom stereocenters. The Labute approximate surface area is 212 Å². The molecule has 2 aromatic carbocycles. The van der Waals surface area contributed by atoms with E-state index in [1.165, 1.54) is 5.57 Å². The van der Waals surface area contributed by atoms with Gasteiger partial charge in [0.2, 0.25) is 11.9 Å². The Morgan fingerprint density at radius 3 is 2.97 bits per heavy atom. The first-order valence-corrected chi connectivity index (χ1v) is 12.2. The van der Waals surface area contributed by atoms with Crippen molar-refractivity contribution in [1.29, 1.82) is 0 Å². The van der Waals surface area contributed by atoms with Gasteiger partial charge in [-0.3, -0.25) is 4.79 Å². The fourth-order valence-corrected chi connectivity index (χ4v) is 4.67. The van der Waals surface area contributed by atoms with Crippen LogP contribution in [-0.4, -0.2) is 21.0 Å². The minimum atomic E-state index is -0.152. The van der Waals surface area contributed by atoms with E-state index in [9.17, 15) is 4.79 Å². The first kappa shape index (κ1) is 22.3. The van der Waals surface area contributed by atoms with Gasteiger partial charge in [-0.2, -0.15) is 4.98 Å². The van der Waals surface area contributed by atoms with Crippen molar-refractivity contribution in [2.75, 3.05) is 16.0 Å². The number of benzene rings is 2. The fraction of sp³-hybridized carbons (Fsp3) is 0.185. The summed E-state index contributed by atoms with van der Waals surface area (Å²) in [7, 11) is 0. The molecule has 0 spiro atoms. The summed E-state index contributed by atoms with van der Waals surface area (Å²) < 4.78 is 5.35. The van der Waals surface area contributed by atoms with Crippen molar-refractivity contribution < 1.29 is 9.32 Å². The number of fused-ring (bicyclic) bond motifs is 6. The third-order valence-corrected chi connectivity index (χ3v) is 6.58. The number of anilines is 4. The zero-order valence-corrected chi connectivity index (χ0v) is 20.1. The predicted molar refractivity (Wildman–Crippen MR) is 140 cm³/mol. The number of carbonyl (C=O) groups excluding carboxylic acids is 1. The summed E-state index contributed by atoms with van der Waals surface area (Å²) in [5.74, 6) is 0.861. The highest BCUT2D eigenvalue weighted by Gasteiger charge is 2.16. The lowest BCUT2D eigenvalue weighted by atomic mass is 9.97. The molecule has 2 aromatic heterocycles. The minimum absolute atomic E-state index is 0.124. The minimum Gasteiger partial charge on any atom is -0.356 e. The topological polar surface area (TPSA) is 105 Å². The number of amides is 1. The molecule has 6 bridgehead atoms. The molecular weight excluding hydrogens is 476 g/mol. The van der Waals surface area contributed by atoms with Crippen LogP contribution in [-0.2, 0) is 17.6 Å². The molecule has 36 heavy (non-hydrogen) atoms. The summed E-state index contributed by atoms with van der Waals surface area (Å²) in [5, 5.41) is 15.1. The molecule has 1 aliphatic carbocycles. The Morgan fingerprint density at radius 2 is 2.03 bits per heavy atom. The largest absolute Gasteiger partial charge is 0.356 e. The molecule has 0 radical (unpaired) electrons. The lowest BCUT2D eigenvalue weighted by Gasteiger charge is -2.16. The summed E-state index contributed by atoms with van der Waals surface area (Å²) in [4.78, 5) is 21.9. The highest BCUT2D eigenvalue weighted by Crippen LogP contribution is 2.31. The first-order chi connectivity index (χ1) is 17.6. The molecule has 180 valence electrons. The Kier molecular flexibility index (Phi) is 5.87. The van der Waals surface area contributed by atoms with Crippen molar-refractivity contribution in [3.05, 3.63) is 88.4 Å². The molecule has 4 aromatic rings. The number of allylic oxidation sites excluding steroid dienone is 4. The van der Waals surface area contributed by atoms with Crippen LogP contribution in [0.1, 0.15) is 30.5 Å². The number of aromatic nitrogens is 3. The normalized spacial score (nSPS) is 14.8. The van der Waals surface area contributed by atoms with Crippen LogP contribution < -0.4 is 16.0 Å². The maximum absolute atomic E-state index is 13.0. The van der Waals surface area contributed by atoms with E-state index < -0.39 is 0 Å². The van der Waals surface area contributed by atoms with Gasteiger partial charge in [0.05, 0.1) is 12.6 Å². The fourth-order valence-electron chi connectivity index (χ4n) is 4.53. The van der Waals surface area contributed by atoms with Crippen molar-refractivity contribution in [3.8, 4) is 0 Å². The molecule has 8 nitrogen and oxygen atoms in total. The molecule has 6 rings (SSSR count). The highest BCUT2D eigenvalue weighted by molar-refractivity contribution is 6.32. The van der Waals surface area contributed by atoms with Crippen LogP contribution in [0.5, 0.6) is 0 Å². The summed E-state index contributed by atoms with van der Waals surface area (Å²) in [5.41, 5.74) is 6.20. The van der Waals surface area contributed by atoms with Crippen LogP contribution in [0.3, 0.4) is 0 Å². The quantitative estimate of drug-likeness (QED) is 0.310. The van der Waals surface area contributed by atoms with Gasteiger partial charge in [-0.15, -0.1) is 0 Å². The summed E-state index contributed by atoms with van der Waals surface area (Å²) >= 11 is 6.37. The zero-order valence-electron chi connectivity index (χ0n) is 19.3. The molecule has 1 aliphatic heterocycles.